The number of nitrogen functional groups attached to an aromatic ring is 1. The molecule has 0 aliphatic carbocycles. The fourth-order valence-corrected chi connectivity index (χ4v) is 3.90. The van der Waals surface area contributed by atoms with Crippen LogP contribution in [-0.2, 0) is 11.4 Å². The number of anilines is 2. The van der Waals surface area contributed by atoms with Gasteiger partial charge in [-0.15, -0.1) is 0 Å². The van der Waals surface area contributed by atoms with Crippen molar-refractivity contribution in [3.05, 3.63) is 82.9 Å². The molecule has 0 bridgehead atoms. The molecule has 3 rings (SSSR count). The van der Waals surface area contributed by atoms with Crippen molar-refractivity contribution in [2.24, 2.45) is 10.7 Å². The smallest absolute Gasteiger partial charge is 0.285 e. The summed E-state index contributed by atoms with van der Waals surface area (Å²) in [5.74, 6) is -1.73. The predicted octanol–water partition coefficient (Wildman–Crippen LogP) is 2.82. The van der Waals surface area contributed by atoms with E-state index in [1.165, 1.54) is 30.8 Å². The second-order valence-electron chi connectivity index (χ2n) is 9.32. The van der Waals surface area contributed by atoms with Gasteiger partial charge < -0.3 is 26.0 Å². The van der Waals surface area contributed by atoms with E-state index in [1.54, 1.807) is 18.2 Å². The normalized spacial score (nSPS) is 11.6. The van der Waals surface area contributed by atoms with Gasteiger partial charge >= 0.3 is 0 Å². The van der Waals surface area contributed by atoms with Gasteiger partial charge in [0.2, 0.25) is 0 Å². The molecule has 0 fully saturated rings. The van der Waals surface area contributed by atoms with E-state index in [-0.39, 0.29) is 18.1 Å². The molecule has 0 radical (unpaired) electrons. The largest absolute Gasteiger partial charge is 0.489 e. The van der Waals surface area contributed by atoms with E-state index in [0.717, 1.165) is 31.3 Å². The number of ether oxygens (including phenoxy) is 1. The van der Waals surface area contributed by atoms with Crippen LogP contribution < -0.4 is 26.6 Å². The molecule has 0 spiro atoms. The SMILES string of the molecule is CO[NH2+]c1cc(N(C)CCCN(C)C)ccc1C(=O)N=C(N)c1cc(OCc2cc(F)cc(F)c2)ccc1N. The van der Waals surface area contributed by atoms with Gasteiger partial charge in [0, 0.05) is 42.7 Å². The molecule has 208 valence electrons. The number of carbonyl (C=O) groups is 1. The van der Waals surface area contributed by atoms with Crippen LogP contribution in [0, 0.1) is 11.6 Å². The Balaban J connectivity index is 1.78. The maximum absolute atomic E-state index is 13.5. The van der Waals surface area contributed by atoms with Gasteiger partial charge in [-0.05, 0) is 75.1 Å². The number of amides is 1. The number of nitrogens with zero attached hydrogens (tertiary/aromatic N) is 3. The fraction of sp³-hybridized carbons (Fsp3) is 0.286. The summed E-state index contributed by atoms with van der Waals surface area (Å²) in [4.78, 5) is 26.6. The average molecular weight is 542 g/mol. The van der Waals surface area contributed by atoms with E-state index < -0.39 is 17.5 Å². The first-order valence-electron chi connectivity index (χ1n) is 12.3. The molecule has 0 saturated heterocycles. The van der Waals surface area contributed by atoms with Crippen molar-refractivity contribution in [1.82, 2.24) is 4.90 Å². The fourth-order valence-electron chi connectivity index (χ4n) is 3.90. The Morgan fingerprint density at radius 1 is 0.974 bits per heavy atom. The molecule has 0 aliphatic rings. The molecular weight excluding hydrogens is 506 g/mol. The van der Waals surface area contributed by atoms with Crippen molar-refractivity contribution in [2.75, 3.05) is 52.0 Å². The summed E-state index contributed by atoms with van der Waals surface area (Å²) < 4.78 is 32.6. The first-order valence-corrected chi connectivity index (χ1v) is 12.3. The molecule has 39 heavy (non-hydrogen) atoms. The zero-order valence-corrected chi connectivity index (χ0v) is 22.6. The monoisotopic (exact) mass is 541 g/mol. The number of amidine groups is 1. The number of quaternary nitrogens is 1. The predicted molar refractivity (Wildman–Crippen MR) is 148 cm³/mol. The summed E-state index contributed by atoms with van der Waals surface area (Å²) in [7, 11) is 7.56. The van der Waals surface area contributed by atoms with Crippen molar-refractivity contribution in [1.29, 1.82) is 0 Å². The second kappa shape index (κ2) is 13.7. The Morgan fingerprint density at radius 3 is 2.36 bits per heavy atom. The van der Waals surface area contributed by atoms with Crippen LogP contribution in [0.25, 0.3) is 0 Å². The summed E-state index contributed by atoms with van der Waals surface area (Å²) in [6.45, 7) is 1.72. The Hall–Kier alpha value is -4.06. The molecule has 0 unspecified atom stereocenters. The highest BCUT2D eigenvalue weighted by Gasteiger charge is 2.18. The first-order chi connectivity index (χ1) is 18.6. The third-order valence-corrected chi connectivity index (χ3v) is 5.90. The van der Waals surface area contributed by atoms with Crippen LogP contribution >= 0.6 is 0 Å². The highest BCUT2D eigenvalue weighted by molar-refractivity contribution is 6.12. The lowest BCUT2D eigenvalue weighted by Crippen LogP contribution is -2.76. The molecule has 0 heterocycles. The first kappa shape index (κ1) is 29.5. The molecule has 1 amide bonds. The molecule has 11 heteroatoms. The average Bonchev–Trinajstić information content (AvgIpc) is 2.87. The highest BCUT2D eigenvalue weighted by Crippen LogP contribution is 2.24. The van der Waals surface area contributed by atoms with Crippen LogP contribution in [-0.4, -0.2) is 58.0 Å². The van der Waals surface area contributed by atoms with Gasteiger partial charge in [0.1, 0.15) is 35.4 Å². The molecule has 0 atom stereocenters. The van der Waals surface area contributed by atoms with Crippen molar-refractivity contribution in [3.8, 4) is 5.75 Å². The molecule has 3 aromatic carbocycles. The summed E-state index contributed by atoms with van der Waals surface area (Å²) in [5, 5.41) is 0. The summed E-state index contributed by atoms with van der Waals surface area (Å²) in [6.07, 6.45) is 0.984. The Kier molecular flexibility index (Phi) is 10.3. The lowest BCUT2D eigenvalue weighted by Gasteiger charge is -2.21. The van der Waals surface area contributed by atoms with E-state index in [4.69, 9.17) is 21.0 Å². The van der Waals surface area contributed by atoms with Crippen LogP contribution in [0.15, 0.2) is 59.6 Å². The van der Waals surface area contributed by atoms with E-state index >= 15 is 0 Å². The van der Waals surface area contributed by atoms with Crippen LogP contribution in [0.5, 0.6) is 5.75 Å². The number of hydrogen-bond donors (Lipinski definition) is 3. The van der Waals surface area contributed by atoms with Crippen LogP contribution in [0.2, 0.25) is 0 Å². The summed E-state index contributed by atoms with van der Waals surface area (Å²) >= 11 is 0. The zero-order valence-electron chi connectivity index (χ0n) is 22.6. The highest BCUT2D eigenvalue weighted by atomic mass is 19.1. The summed E-state index contributed by atoms with van der Waals surface area (Å²) in [5.41, 5.74) is 16.4. The topological polar surface area (TPSA) is 123 Å². The van der Waals surface area contributed by atoms with Crippen LogP contribution in [0.1, 0.15) is 27.9 Å². The minimum absolute atomic E-state index is 0.0832. The maximum Gasteiger partial charge on any atom is 0.285 e. The van der Waals surface area contributed by atoms with Crippen molar-refractivity contribution >= 4 is 28.8 Å². The third kappa shape index (κ3) is 8.47. The molecule has 0 aliphatic heterocycles. The van der Waals surface area contributed by atoms with Crippen molar-refractivity contribution < 1.29 is 28.6 Å². The summed E-state index contributed by atoms with van der Waals surface area (Å²) in [6, 6.07) is 13.2. The quantitative estimate of drug-likeness (QED) is 0.139. The third-order valence-electron chi connectivity index (χ3n) is 5.90. The van der Waals surface area contributed by atoms with Gasteiger partial charge in [-0.2, -0.15) is 10.5 Å². The van der Waals surface area contributed by atoms with Gasteiger partial charge in [-0.1, -0.05) is 0 Å². The number of nitrogens with two attached hydrogens (primary N) is 3. The van der Waals surface area contributed by atoms with Crippen LogP contribution in [0.4, 0.5) is 25.8 Å². The number of rotatable bonds is 12. The van der Waals surface area contributed by atoms with Crippen molar-refractivity contribution in [3.63, 3.8) is 0 Å². The van der Waals surface area contributed by atoms with Gasteiger partial charge in [0.25, 0.3) is 5.91 Å². The van der Waals surface area contributed by atoms with E-state index in [2.05, 4.69) is 14.8 Å². The maximum atomic E-state index is 13.5. The lowest BCUT2D eigenvalue weighted by atomic mass is 10.1. The van der Waals surface area contributed by atoms with E-state index in [1.807, 2.05) is 33.3 Å². The van der Waals surface area contributed by atoms with E-state index in [9.17, 15) is 13.6 Å². The van der Waals surface area contributed by atoms with Crippen molar-refractivity contribution in [2.45, 2.75) is 13.0 Å². The number of benzene rings is 3. The molecule has 9 nitrogen and oxygen atoms in total. The zero-order chi connectivity index (χ0) is 28.5. The number of hydrogen-bond acceptors (Lipinski definition) is 6. The Morgan fingerprint density at radius 2 is 1.69 bits per heavy atom. The number of carbonyl (C=O) groups excluding carboxylic acids is 1. The Bertz CT molecular complexity index is 1310. The lowest BCUT2D eigenvalue weighted by molar-refractivity contribution is -0.830. The van der Waals surface area contributed by atoms with Gasteiger partial charge in [-0.3, -0.25) is 4.79 Å². The molecule has 3 aromatic rings. The number of aliphatic imine (C=N–C) groups is 1. The molecular formula is C28H35F2N6O3+. The van der Waals surface area contributed by atoms with Gasteiger partial charge in [0.15, 0.2) is 5.69 Å². The molecule has 6 N–H and O–H groups in total. The second-order valence-corrected chi connectivity index (χ2v) is 9.32. The standard InChI is InChI=1S/C28H34F2N6O3/c1-35(2)10-5-11-36(3)21-6-8-23(26(15-21)34-38-4)28(37)33-27(32)24-16-22(7-9-25(24)31)39-17-18-12-19(29)14-20(30)13-18/h6-9,12-16,34H,5,10-11,17,31H2,1-4H3,(H2,32,33,37)/p+1. The van der Waals surface area contributed by atoms with E-state index in [0.29, 0.717) is 28.1 Å². The molecule has 0 aromatic heterocycles. The molecule has 0 saturated carbocycles. The van der Waals surface area contributed by atoms with Gasteiger partial charge in [-0.25, -0.2) is 13.6 Å². The Labute approximate surface area is 227 Å². The van der Waals surface area contributed by atoms with Gasteiger partial charge in [0.05, 0.1) is 7.11 Å². The minimum atomic E-state index is -0.699. The minimum Gasteiger partial charge on any atom is -0.489 e. The number of halogens is 2. The van der Waals surface area contributed by atoms with Crippen LogP contribution in [0.3, 0.4) is 0 Å².